The largest absolute Gasteiger partial charge is 0.367 e. The number of nitrogens with zero attached hydrogens (tertiary/aromatic N) is 3. The first kappa shape index (κ1) is 12.2. The zero-order chi connectivity index (χ0) is 12.3. The maximum absolute atomic E-state index is 5.98. The molecular formula is C11H12Cl2N4. The zero-order valence-electron chi connectivity index (χ0n) is 9.32. The molecule has 0 saturated carbocycles. The van der Waals surface area contributed by atoms with E-state index in [2.05, 4.69) is 15.4 Å². The van der Waals surface area contributed by atoms with Gasteiger partial charge in [-0.1, -0.05) is 23.2 Å². The van der Waals surface area contributed by atoms with Gasteiger partial charge in [0.25, 0.3) is 0 Å². The van der Waals surface area contributed by atoms with Gasteiger partial charge in [-0.15, -0.1) is 0 Å². The van der Waals surface area contributed by atoms with Crippen LogP contribution in [0.1, 0.15) is 5.56 Å². The summed E-state index contributed by atoms with van der Waals surface area (Å²) < 4.78 is 1.87. The lowest BCUT2D eigenvalue weighted by Crippen LogP contribution is -2.11. The van der Waals surface area contributed by atoms with Crippen LogP contribution in [0.2, 0.25) is 10.0 Å². The summed E-state index contributed by atoms with van der Waals surface area (Å²) in [4.78, 5) is 4.11. The highest BCUT2D eigenvalue weighted by atomic mass is 35.5. The molecule has 0 spiro atoms. The molecule has 2 aromatic heterocycles. The van der Waals surface area contributed by atoms with E-state index in [0.717, 1.165) is 12.1 Å². The molecule has 0 fully saturated rings. The first-order valence-corrected chi connectivity index (χ1v) is 5.95. The van der Waals surface area contributed by atoms with Gasteiger partial charge in [-0.3, -0.25) is 4.68 Å². The summed E-state index contributed by atoms with van der Waals surface area (Å²) in [6, 6.07) is 1.66. The number of rotatable bonds is 4. The van der Waals surface area contributed by atoms with Gasteiger partial charge in [0, 0.05) is 18.9 Å². The van der Waals surface area contributed by atoms with Crippen LogP contribution < -0.4 is 5.32 Å². The van der Waals surface area contributed by atoms with Crippen molar-refractivity contribution in [3.05, 3.63) is 40.3 Å². The summed E-state index contributed by atoms with van der Waals surface area (Å²) in [7, 11) is 0. The molecule has 0 aromatic carbocycles. The van der Waals surface area contributed by atoms with Gasteiger partial charge in [-0.05, 0) is 18.6 Å². The topological polar surface area (TPSA) is 42.7 Å². The van der Waals surface area contributed by atoms with Crippen molar-refractivity contribution in [1.29, 1.82) is 0 Å². The summed E-state index contributed by atoms with van der Waals surface area (Å²) in [5.74, 6) is 0.639. The van der Waals surface area contributed by atoms with E-state index in [1.165, 1.54) is 0 Å². The fourth-order valence-corrected chi connectivity index (χ4v) is 1.87. The highest BCUT2D eigenvalue weighted by Gasteiger charge is 2.02. The van der Waals surface area contributed by atoms with Gasteiger partial charge in [-0.25, -0.2) is 4.98 Å². The van der Waals surface area contributed by atoms with E-state index >= 15 is 0 Å². The minimum Gasteiger partial charge on any atom is -0.367 e. The van der Waals surface area contributed by atoms with Gasteiger partial charge in [-0.2, -0.15) is 5.10 Å². The van der Waals surface area contributed by atoms with E-state index in [1.807, 2.05) is 24.0 Å². The molecule has 0 aliphatic carbocycles. The number of halogens is 2. The molecule has 2 aromatic rings. The predicted molar refractivity (Wildman–Crippen MR) is 69.7 cm³/mol. The van der Waals surface area contributed by atoms with Gasteiger partial charge >= 0.3 is 0 Å². The summed E-state index contributed by atoms with van der Waals surface area (Å²) in [6.45, 7) is 3.47. The molecule has 0 bridgehead atoms. The van der Waals surface area contributed by atoms with Crippen LogP contribution in [0.3, 0.4) is 0 Å². The molecule has 17 heavy (non-hydrogen) atoms. The number of nitrogens with one attached hydrogen (secondary N) is 1. The summed E-state index contributed by atoms with van der Waals surface area (Å²) in [6.07, 6.45) is 5.37. The van der Waals surface area contributed by atoms with Gasteiger partial charge in [0.1, 0.15) is 5.82 Å². The molecule has 90 valence electrons. The molecule has 0 aliphatic heterocycles. The Bertz CT molecular complexity index is 510. The predicted octanol–water partition coefficient (Wildman–Crippen LogP) is 3.01. The fourth-order valence-electron chi connectivity index (χ4n) is 1.42. The third-order valence-electron chi connectivity index (χ3n) is 2.20. The lowest BCUT2D eigenvalue weighted by molar-refractivity contribution is 0.637. The Kier molecular flexibility index (Phi) is 3.86. The van der Waals surface area contributed by atoms with E-state index in [-0.39, 0.29) is 0 Å². The van der Waals surface area contributed by atoms with Crippen molar-refractivity contribution in [3.8, 4) is 0 Å². The minimum absolute atomic E-state index is 0.522. The lowest BCUT2D eigenvalue weighted by atomic mass is 10.4. The second-order valence-electron chi connectivity index (χ2n) is 3.69. The first-order valence-electron chi connectivity index (χ1n) is 5.19. The van der Waals surface area contributed by atoms with E-state index in [4.69, 9.17) is 23.2 Å². The summed E-state index contributed by atoms with van der Waals surface area (Å²) in [5.41, 5.74) is 1.15. The zero-order valence-corrected chi connectivity index (χ0v) is 10.8. The molecule has 2 heterocycles. The summed E-state index contributed by atoms with van der Waals surface area (Å²) >= 11 is 11.7. The van der Waals surface area contributed by atoms with Crippen molar-refractivity contribution in [3.63, 3.8) is 0 Å². The van der Waals surface area contributed by atoms with Crippen molar-refractivity contribution in [2.45, 2.75) is 13.5 Å². The number of hydrogen-bond donors (Lipinski definition) is 1. The molecule has 0 atom stereocenters. The highest BCUT2D eigenvalue weighted by molar-refractivity contribution is 6.35. The Morgan fingerprint density at radius 3 is 2.82 bits per heavy atom. The monoisotopic (exact) mass is 270 g/mol. The van der Waals surface area contributed by atoms with E-state index in [0.29, 0.717) is 22.4 Å². The Balaban J connectivity index is 1.90. The molecule has 0 saturated heterocycles. The molecule has 2 rings (SSSR count). The molecular weight excluding hydrogens is 259 g/mol. The van der Waals surface area contributed by atoms with E-state index in [9.17, 15) is 0 Å². The van der Waals surface area contributed by atoms with Crippen LogP contribution in [0.5, 0.6) is 0 Å². The fraction of sp³-hybridized carbons (Fsp3) is 0.273. The van der Waals surface area contributed by atoms with Crippen molar-refractivity contribution in [2.24, 2.45) is 0 Å². The van der Waals surface area contributed by atoms with Crippen LogP contribution in [0, 0.1) is 6.92 Å². The van der Waals surface area contributed by atoms with Crippen LogP contribution in [-0.2, 0) is 6.54 Å². The van der Waals surface area contributed by atoms with Gasteiger partial charge in [0.15, 0.2) is 0 Å². The minimum atomic E-state index is 0.522. The van der Waals surface area contributed by atoms with Crippen LogP contribution in [0.4, 0.5) is 5.82 Å². The van der Waals surface area contributed by atoms with Crippen LogP contribution in [0.25, 0.3) is 0 Å². The maximum Gasteiger partial charge on any atom is 0.144 e. The van der Waals surface area contributed by atoms with E-state index in [1.54, 1.807) is 12.3 Å². The number of anilines is 1. The standard InChI is InChI=1S/C11H12Cl2N4/c1-8-5-16-17(7-8)3-2-14-11-10(13)4-9(12)6-15-11/h4-7H,2-3H2,1H3,(H,14,15). The highest BCUT2D eigenvalue weighted by Crippen LogP contribution is 2.22. The normalized spacial score (nSPS) is 10.5. The van der Waals surface area contributed by atoms with Crippen LogP contribution >= 0.6 is 23.2 Å². The third kappa shape index (κ3) is 3.35. The molecule has 6 heteroatoms. The first-order chi connectivity index (χ1) is 8.15. The molecule has 0 amide bonds. The Morgan fingerprint density at radius 1 is 1.35 bits per heavy atom. The van der Waals surface area contributed by atoms with Gasteiger partial charge in [0.05, 0.1) is 22.8 Å². The average Bonchev–Trinajstić information content (AvgIpc) is 2.68. The smallest absolute Gasteiger partial charge is 0.144 e. The number of hydrogen-bond acceptors (Lipinski definition) is 3. The molecule has 0 unspecified atom stereocenters. The lowest BCUT2D eigenvalue weighted by Gasteiger charge is -2.07. The van der Waals surface area contributed by atoms with Gasteiger partial charge < -0.3 is 5.32 Å². The second-order valence-corrected chi connectivity index (χ2v) is 4.54. The SMILES string of the molecule is Cc1cnn(CCNc2ncc(Cl)cc2Cl)c1. The Labute approximate surface area is 110 Å². The van der Waals surface area contributed by atoms with Crippen molar-refractivity contribution in [1.82, 2.24) is 14.8 Å². The van der Waals surface area contributed by atoms with Crippen LogP contribution in [0.15, 0.2) is 24.7 Å². The van der Waals surface area contributed by atoms with Crippen molar-refractivity contribution < 1.29 is 0 Å². The van der Waals surface area contributed by atoms with Gasteiger partial charge in [0.2, 0.25) is 0 Å². The number of aryl methyl sites for hydroxylation is 1. The van der Waals surface area contributed by atoms with Crippen molar-refractivity contribution in [2.75, 3.05) is 11.9 Å². The molecule has 0 radical (unpaired) electrons. The third-order valence-corrected chi connectivity index (χ3v) is 2.70. The molecule has 0 aliphatic rings. The quantitative estimate of drug-likeness (QED) is 0.929. The molecule has 4 nitrogen and oxygen atoms in total. The number of pyridine rings is 1. The average molecular weight is 271 g/mol. The Hall–Kier alpha value is -1.26. The maximum atomic E-state index is 5.98. The Morgan fingerprint density at radius 2 is 2.18 bits per heavy atom. The summed E-state index contributed by atoms with van der Waals surface area (Å²) in [5, 5.41) is 8.37. The molecule has 1 N–H and O–H groups in total. The van der Waals surface area contributed by atoms with Crippen LogP contribution in [-0.4, -0.2) is 21.3 Å². The second kappa shape index (κ2) is 5.38. The van der Waals surface area contributed by atoms with E-state index < -0.39 is 0 Å². The number of aromatic nitrogens is 3. The van der Waals surface area contributed by atoms with Crippen molar-refractivity contribution >= 4 is 29.0 Å².